The summed E-state index contributed by atoms with van der Waals surface area (Å²) in [5.74, 6) is 0.113. The third kappa shape index (κ3) is 7.01. The number of benzene rings is 2. The van der Waals surface area contributed by atoms with Gasteiger partial charge in [0.25, 0.3) is 10.1 Å². The third-order valence-electron chi connectivity index (χ3n) is 3.68. The first-order chi connectivity index (χ1) is 11.4. The average molecular weight is 389 g/mol. The molecule has 1 N–H and O–H groups in total. The summed E-state index contributed by atoms with van der Waals surface area (Å²) in [4.78, 5) is -0.603. The molecule has 0 aliphatic heterocycles. The van der Waals surface area contributed by atoms with Crippen LogP contribution in [-0.2, 0) is 16.5 Å². The molecular formula is C18H21KO5S. The van der Waals surface area contributed by atoms with E-state index < -0.39 is 20.8 Å². The number of unbranched alkanes of at least 4 members (excludes halogenated alkanes) is 3. The largest absolute Gasteiger partial charge is 1.00 e. The maximum absolute atomic E-state index is 12.0. The molecule has 0 atom stereocenters. The minimum atomic E-state index is -4.55. The fourth-order valence-electron chi connectivity index (χ4n) is 2.43. The molecule has 0 fully saturated rings. The quantitative estimate of drug-likeness (QED) is 0.413. The molecule has 2 aromatic carbocycles. The minimum Gasteiger partial charge on any atom is -0.871 e. The summed E-state index contributed by atoms with van der Waals surface area (Å²) in [5.41, 5.74) is 0.599. The van der Waals surface area contributed by atoms with Crippen molar-refractivity contribution in [3.8, 4) is 17.2 Å². The van der Waals surface area contributed by atoms with Gasteiger partial charge in [0, 0.05) is 0 Å². The summed E-state index contributed by atoms with van der Waals surface area (Å²) in [6, 6.07) is 11.3. The minimum absolute atomic E-state index is 0. The fraction of sp³-hybridized carbons (Fsp3) is 0.333. The second kappa shape index (κ2) is 10.7. The second-order valence-electron chi connectivity index (χ2n) is 5.61. The Hall–Kier alpha value is -0.414. The normalized spacial score (nSPS) is 11.0. The van der Waals surface area contributed by atoms with Crippen LogP contribution in [0.5, 0.6) is 17.2 Å². The monoisotopic (exact) mass is 388 g/mol. The van der Waals surface area contributed by atoms with Crippen molar-refractivity contribution >= 4 is 10.1 Å². The van der Waals surface area contributed by atoms with Gasteiger partial charge in [-0.2, -0.15) is 8.42 Å². The van der Waals surface area contributed by atoms with E-state index in [4.69, 9.17) is 4.74 Å². The van der Waals surface area contributed by atoms with Crippen LogP contribution in [0.25, 0.3) is 0 Å². The van der Waals surface area contributed by atoms with Gasteiger partial charge in [0.05, 0.1) is 4.90 Å². The molecule has 25 heavy (non-hydrogen) atoms. The van der Waals surface area contributed by atoms with Crippen LogP contribution in [0.4, 0.5) is 0 Å². The molecule has 0 aliphatic rings. The van der Waals surface area contributed by atoms with E-state index in [-0.39, 0.29) is 51.4 Å². The number of para-hydroxylation sites is 1. The molecule has 0 saturated heterocycles. The smallest absolute Gasteiger partial charge is 0.871 e. The number of rotatable bonds is 8. The van der Waals surface area contributed by atoms with Crippen LogP contribution >= 0.6 is 0 Å². The van der Waals surface area contributed by atoms with Gasteiger partial charge in [0.2, 0.25) is 0 Å². The molecule has 5 nitrogen and oxygen atoms in total. The zero-order chi connectivity index (χ0) is 17.6. The van der Waals surface area contributed by atoms with Crippen molar-refractivity contribution in [3.05, 3.63) is 48.0 Å². The molecular weight excluding hydrogens is 367 g/mol. The van der Waals surface area contributed by atoms with Gasteiger partial charge >= 0.3 is 51.4 Å². The average Bonchev–Trinajstić information content (AvgIpc) is 2.53. The van der Waals surface area contributed by atoms with Crippen molar-refractivity contribution in [1.29, 1.82) is 0 Å². The van der Waals surface area contributed by atoms with Gasteiger partial charge in [-0.1, -0.05) is 50.1 Å². The summed E-state index contributed by atoms with van der Waals surface area (Å²) >= 11 is 0. The third-order valence-corrected chi connectivity index (χ3v) is 4.55. The zero-order valence-corrected chi connectivity index (χ0v) is 18.5. The van der Waals surface area contributed by atoms with E-state index in [1.807, 2.05) is 6.07 Å². The summed E-state index contributed by atoms with van der Waals surface area (Å²) in [5, 5.41) is 12.0. The van der Waals surface area contributed by atoms with Crippen molar-refractivity contribution in [1.82, 2.24) is 0 Å². The van der Waals surface area contributed by atoms with Crippen LogP contribution in [0.1, 0.15) is 38.2 Å². The Labute approximate surface area is 191 Å². The van der Waals surface area contributed by atoms with Crippen LogP contribution in [0.3, 0.4) is 0 Å². The Balaban J connectivity index is 0.00000312. The Morgan fingerprint density at radius 3 is 2.36 bits per heavy atom. The van der Waals surface area contributed by atoms with Gasteiger partial charge in [0.1, 0.15) is 11.5 Å². The zero-order valence-electron chi connectivity index (χ0n) is 14.6. The summed E-state index contributed by atoms with van der Waals surface area (Å²) in [6.07, 6.45) is 4.59. The predicted octanol–water partition coefficient (Wildman–Crippen LogP) is 0.926. The molecule has 0 amide bonds. The van der Waals surface area contributed by atoms with E-state index >= 15 is 0 Å². The van der Waals surface area contributed by atoms with Gasteiger partial charge in [-0.05, 0) is 42.7 Å². The summed E-state index contributed by atoms with van der Waals surface area (Å²) in [7, 11) is -4.55. The molecule has 0 bridgehead atoms. The Kier molecular flexibility index (Phi) is 9.65. The van der Waals surface area contributed by atoms with Gasteiger partial charge in [-0.15, -0.1) is 0 Å². The molecule has 7 heteroatoms. The first kappa shape index (κ1) is 22.6. The van der Waals surface area contributed by atoms with E-state index in [1.54, 1.807) is 24.3 Å². The van der Waals surface area contributed by atoms with E-state index in [0.717, 1.165) is 31.7 Å². The van der Waals surface area contributed by atoms with Crippen LogP contribution in [-0.4, -0.2) is 13.0 Å². The molecule has 0 radical (unpaired) electrons. The van der Waals surface area contributed by atoms with Crippen molar-refractivity contribution in [2.45, 2.75) is 43.9 Å². The van der Waals surface area contributed by atoms with Gasteiger partial charge < -0.3 is 9.84 Å². The Morgan fingerprint density at radius 1 is 1.08 bits per heavy atom. The summed E-state index contributed by atoms with van der Waals surface area (Å²) < 4.78 is 37.7. The van der Waals surface area contributed by atoms with Crippen LogP contribution in [0.2, 0.25) is 0 Å². The van der Waals surface area contributed by atoms with Crippen molar-refractivity contribution in [3.63, 3.8) is 0 Å². The van der Waals surface area contributed by atoms with Crippen LogP contribution in [0.15, 0.2) is 47.4 Å². The molecule has 0 aromatic heterocycles. The van der Waals surface area contributed by atoms with E-state index in [0.29, 0.717) is 23.5 Å². The van der Waals surface area contributed by atoms with Crippen LogP contribution in [0, 0.1) is 0 Å². The van der Waals surface area contributed by atoms with Crippen molar-refractivity contribution in [2.24, 2.45) is 0 Å². The van der Waals surface area contributed by atoms with E-state index in [9.17, 15) is 18.1 Å². The number of hydrogen-bond acceptors (Lipinski definition) is 4. The molecule has 0 saturated carbocycles. The Bertz CT molecular complexity index is 776. The van der Waals surface area contributed by atoms with Gasteiger partial charge in [0.15, 0.2) is 0 Å². The van der Waals surface area contributed by atoms with E-state index in [1.165, 1.54) is 6.07 Å². The maximum Gasteiger partial charge on any atom is 1.00 e. The molecule has 0 heterocycles. The van der Waals surface area contributed by atoms with Gasteiger partial charge in [-0.25, -0.2) is 0 Å². The van der Waals surface area contributed by atoms with Crippen molar-refractivity contribution in [2.75, 3.05) is 0 Å². The van der Waals surface area contributed by atoms with Crippen molar-refractivity contribution < 1.29 is 74.2 Å². The molecule has 0 unspecified atom stereocenters. The second-order valence-corrected chi connectivity index (χ2v) is 7.00. The number of hydrogen-bond donors (Lipinski definition) is 1. The molecule has 0 aliphatic carbocycles. The SMILES string of the molecule is CCCCCCc1cc(S(=O)(=O)O)c([O-])cc1Oc1ccccc1.[K+]. The Morgan fingerprint density at radius 2 is 1.76 bits per heavy atom. The van der Waals surface area contributed by atoms with Crippen LogP contribution < -0.4 is 61.2 Å². The topological polar surface area (TPSA) is 86.7 Å². The molecule has 130 valence electrons. The summed E-state index contributed by atoms with van der Waals surface area (Å²) in [6.45, 7) is 2.10. The number of ether oxygens (including phenoxy) is 1. The molecule has 0 spiro atoms. The standard InChI is InChI=1S/C18H22O5S.K/c1-2-3-4-6-9-14-12-18(24(20,21)22)16(19)13-17(14)23-15-10-7-5-8-11-15;/h5,7-8,10-13,19H,2-4,6,9H2,1H3,(H,20,21,22);/q;+1/p-1. The first-order valence-electron chi connectivity index (χ1n) is 7.96. The number of aryl methyl sites for hydroxylation is 1. The van der Waals surface area contributed by atoms with E-state index in [2.05, 4.69) is 6.92 Å². The molecule has 2 rings (SSSR count). The first-order valence-corrected chi connectivity index (χ1v) is 9.40. The van der Waals surface area contributed by atoms with Gasteiger partial charge in [-0.3, -0.25) is 4.55 Å². The predicted molar refractivity (Wildman–Crippen MR) is 90.1 cm³/mol. The maximum atomic E-state index is 12.0. The fourth-order valence-corrected chi connectivity index (χ4v) is 3.04. The molecule has 2 aromatic rings.